The molecule has 0 heterocycles. The van der Waals surface area contributed by atoms with Crippen LogP contribution in [-0.4, -0.2) is 12.0 Å². The van der Waals surface area contributed by atoms with Gasteiger partial charge in [-0.3, -0.25) is 0 Å². The second kappa shape index (κ2) is 4.89. The van der Waals surface area contributed by atoms with Crippen LogP contribution in [-0.2, 0) is 5.41 Å². The number of alkyl halides is 1. The van der Waals surface area contributed by atoms with Gasteiger partial charge in [-0.15, -0.1) is 0 Å². The smallest absolute Gasteiger partial charge is 0.123 e. The van der Waals surface area contributed by atoms with E-state index in [1.807, 2.05) is 6.07 Å². The lowest BCUT2D eigenvalue weighted by atomic mass is 9.84. The third kappa shape index (κ3) is 3.07. The zero-order valence-corrected chi connectivity index (χ0v) is 10.1. The minimum Gasteiger partial charge on any atom is -0.306 e. The molecular formula is C11H15BrFN. The Kier molecular flexibility index (Phi) is 4.08. The fourth-order valence-corrected chi connectivity index (χ4v) is 1.57. The highest BCUT2D eigenvalue weighted by Gasteiger charge is 2.19. The van der Waals surface area contributed by atoms with Crippen LogP contribution in [0.1, 0.15) is 19.4 Å². The Morgan fingerprint density at radius 3 is 2.71 bits per heavy atom. The maximum atomic E-state index is 13.0. The molecule has 0 saturated heterocycles. The molecular weight excluding hydrogens is 245 g/mol. The molecule has 0 amide bonds. The first-order valence-corrected chi connectivity index (χ1v) is 5.71. The van der Waals surface area contributed by atoms with Gasteiger partial charge in [-0.2, -0.15) is 0 Å². The van der Waals surface area contributed by atoms with Crippen LogP contribution in [0.3, 0.4) is 0 Å². The summed E-state index contributed by atoms with van der Waals surface area (Å²) >= 11 is 3.30. The van der Waals surface area contributed by atoms with Crippen molar-refractivity contribution in [3.05, 3.63) is 35.6 Å². The summed E-state index contributed by atoms with van der Waals surface area (Å²) < 4.78 is 13.0. The molecule has 0 fully saturated rings. The molecule has 0 radical (unpaired) electrons. The SMILES string of the molecule is CC(C)(CNCBr)c1cccc(F)c1. The Hall–Kier alpha value is -0.410. The highest BCUT2D eigenvalue weighted by Crippen LogP contribution is 2.22. The fraction of sp³-hybridized carbons (Fsp3) is 0.455. The summed E-state index contributed by atoms with van der Waals surface area (Å²) in [6.45, 7) is 5.01. The van der Waals surface area contributed by atoms with Crippen LogP contribution in [0.15, 0.2) is 24.3 Å². The van der Waals surface area contributed by atoms with Crippen molar-refractivity contribution in [1.29, 1.82) is 0 Å². The highest BCUT2D eigenvalue weighted by atomic mass is 79.9. The normalized spacial score (nSPS) is 11.7. The van der Waals surface area contributed by atoms with E-state index >= 15 is 0 Å². The predicted octanol–water partition coefficient (Wildman–Crippen LogP) is 3.05. The molecule has 0 bridgehead atoms. The van der Waals surface area contributed by atoms with Gasteiger partial charge < -0.3 is 5.32 Å². The molecule has 0 aliphatic heterocycles. The molecule has 1 aromatic rings. The number of nitrogens with one attached hydrogen (secondary N) is 1. The summed E-state index contributed by atoms with van der Waals surface area (Å²) in [5.74, 6) is -0.172. The van der Waals surface area contributed by atoms with Crippen LogP contribution < -0.4 is 5.32 Å². The van der Waals surface area contributed by atoms with E-state index in [1.165, 1.54) is 6.07 Å². The van der Waals surface area contributed by atoms with Crippen molar-refractivity contribution in [2.45, 2.75) is 19.3 Å². The van der Waals surface area contributed by atoms with Gasteiger partial charge >= 0.3 is 0 Å². The Balaban J connectivity index is 2.80. The monoisotopic (exact) mass is 259 g/mol. The van der Waals surface area contributed by atoms with E-state index in [2.05, 4.69) is 35.1 Å². The van der Waals surface area contributed by atoms with E-state index in [4.69, 9.17) is 0 Å². The molecule has 78 valence electrons. The summed E-state index contributed by atoms with van der Waals surface area (Å²) in [6, 6.07) is 6.77. The molecule has 0 aliphatic rings. The molecule has 0 aliphatic carbocycles. The summed E-state index contributed by atoms with van der Waals surface area (Å²) in [5, 5.41) is 3.20. The van der Waals surface area contributed by atoms with E-state index in [9.17, 15) is 4.39 Å². The van der Waals surface area contributed by atoms with Gasteiger partial charge in [0.2, 0.25) is 0 Å². The van der Waals surface area contributed by atoms with Crippen molar-refractivity contribution >= 4 is 15.9 Å². The molecule has 1 nitrogen and oxygen atoms in total. The summed E-state index contributed by atoms with van der Waals surface area (Å²) in [5.41, 5.74) is 1.73. The average Bonchev–Trinajstić information content (AvgIpc) is 2.15. The first kappa shape index (κ1) is 11.7. The van der Waals surface area contributed by atoms with Crippen LogP contribution in [0.2, 0.25) is 0 Å². The molecule has 0 saturated carbocycles. The van der Waals surface area contributed by atoms with Crippen LogP contribution in [0.4, 0.5) is 4.39 Å². The van der Waals surface area contributed by atoms with E-state index in [1.54, 1.807) is 12.1 Å². The third-order valence-electron chi connectivity index (χ3n) is 2.27. The van der Waals surface area contributed by atoms with Crippen molar-refractivity contribution < 1.29 is 4.39 Å². The molecule has 0 atom stereocenters. The first-order valence-electron chi connectivity index (χ1n) is 4.59. The van der Waals surface area contributed by atoms with Gasteiger partial charge in [-0.25, -0.2) is 4.39 Å². The number of benzene rings is 1. The highest BCUT2D eigenvalue weighted by molar-refractivity contribution is 9.09. The summed E-state index contributed by atoms with van der Waals surface area (Å²) in [4.78, 5) is 0. The molecule has 1 rings (SSSR count). The molecule has 0 aromatic heterocycles. The van der Waals surface area contributed by atoms with Gasteiger partial charge in [-0.05, 0) is 17.7 Å². The van der Waals surface area contributed by atoms with E-state index < -0.39 is 0 Å². The zero-order valence-electron chi connectivity index (χ0n) is 8.48. The van der Waals surface area contributed by atoms with Crippen molar-refractivity contribution in [3.8, 4) is 0 Å². The Bertz CT molecular complexity index is 299. The molecule has 1 aromatic carbocycles. The Morgan fingerprint density at radius 1 is 1.43 bits per heavy atom. The number of hydrogen-bond donors (Lipinski definition) is 1. The molecule has 1 N–H and O–H groups in total. The number of halogens is 2. The minimum absolute atomic E-state index is 0.0458. The lowest BCUT2D eigenvalue weighted by Gasteiger charge is -2.25. The van der Waals surface area contributed by atoms with E-state index in [-0.39, 0.29) is 11.2 Å². The minimum atomic E-state index is -0.172. The van der Waals surface area contributed by atoms with Crippen molar-refractivity contribution in [2.24, 2.45) is 0 Å². The van der Waals surface area contributed by atoms with Gasteiger partial charge in [-0.1, -0.05) is 41.9 Å². The first-order chi connectivity index (χ1) is 6.56. The average molecular weight is 260 g/mol. The standard InChI is InChI=1S/C11H15BrFN/c1-11(2,7-14-8-12)9-4-3-5-10(13)6-9/h3-6,14H,7-8H2,1-2H3. The topological polar surface area (TPSA) is 12.0 Å². The molecule has 14 heavy (non-hydrogen) atoms. The maximum Gasteiger partial charge on any atom is 0.123 e. The fourth-order valence-electron chi connectivity index (χ4n) is 1.37. The van der Waals surface area contributed by atoms with Crippen molar-refractivity contribution in [2.75, 3.05) is 12.0 Å². The molecule has 3 heteroatoms. The van der Waals surface area contributed by atoms with Gasteiger partial charge in [0.1, 0.15) is 5.82 Å². The largest absolute Gasteiger partial charge is 0.306 e. The summed E-state index contributed by atoms with van der Waals surface area (Å²) in [7, 11) is 0. The van der Waals surface area contributed by atoms with Gasteiger partial charge in [0, 0.05) is 12.0 Å². The molecule has 0 spiro atoms. The van der Waals surface area contributed by atoms with Crippen LogP contribution in [0, 0.1) is 5.82 Å². The lowest BCUT2D eigenvalue weighted by Crippen LogP contribution is -2.32. The second-order valence-electron chi connectivity index (χ2n) is 3.95. The van der Waals surface area contributed by atoms with Gasteiger partial charge in [0.05, 0.1) is 5.45 Å². The Morgan fingerprint density at radius 2 is 2.14 bits per heavy atom. The van der Waals surface area contributed by atoms with Crippen molar-refractivity contribution in [1.82, 2.24) is 5.32 Å². The maximum absolute atomic E-state index is 13.0. The Labute approximate surface area is 92.8 Å². The van der Waals surface area contributed by atoms with Crippen LogP contribution in [0.25, 0.3) is 0 Å². The lowest BCUT2D eigenvalue weighted by molar-refractivity contribution is 0.486. The quantitative estimate of drug-likeness (QED) is 0.648. The zero-order chi connectivity index (χ0) is 10.6. The number of rotatable bonds is 4. The van der Waals surface area contributed by atoms with E-state index in [0.717, 1.165) is 17.6 Å². The van der Waals surface area contributed by atoms with Crippen LogP contribution >= 0.6 is 15.9 Å². The van der Waals surface area contributed by atoms with Crippen molar-refractivity contribution in [3.63, 3.8) is 0 Å². The van der Waals surface area contributed by atoms with Gasteiger partial charge in [0.25, 0.3) is 0 Å². The molecule has 0 unspecified atom stereocenters. The van der Waals surface area contributed by atoms with Crippen LogP contribution in [0.5, 0.6) is 0 Å². The van der Waals surface area contributed by atoms with E-state index in [0.29, 0.717) is 0 Å². The predicted molar refractivity (Wildman–Crippen MR) is 61.2 cm³/mol. The third-order valence-corrected chi connectivity index (χ3v) is 2.66. The summed E-state index contributed by atoms with van der Waals surface area (Å²) in [6.07, 6.45) is 0. The van der Waals surface area contributed by atoms with Gasteiger partial charge in [0.15, 0.2) is 0 Å². The number of hydrogen-bond acceptors (Lipinski definition) is 1. The second-order valence-corrected chi connectivity index (χ2v) is 4.52.